The van der Waals surface area contributed by atoms with Crippen LogP contribution in [-0.4, -0.2) is 9.91 Å². The zero-order valence-corrected chi connectivity index (χ0v) is 11.8. The maximum absolute atomic E-state index is 10.8. The molecule has 0 atom stereocenters. The highest BCUT2D eigenvalue weighted by Gasteiger charge is 2.14. The van der Waals surface area contributed by atoms with Crippen molar-refractivity contribution >= 4 is 21.6 Å². The molecular weight excluding hydrogens is 312 g/mol. The summed E-state index contributed by atoms with van der Waals surface area (Å²) in [6, 6.07) is 8.33. The Morgan fingerprint density at radius 1 is 1.37 bits per heavy atom. The largest absolute Gasteiger partial charge is 0.439 e. The molecule has 0 fully saturated rings. The van der Waals surface area contributed by atoms with Gasteiger partial charge in [0.05, 0.1) is 10.5 Å². The summed E-state index contributed by atoms with van der Waals surface area (Å²) in [5, 5.41) is 11.6. The summed E-state index contributed by atoms with van der Waals surface area (Å²) >= 11 is 3.33. The molecule has 98 valence electrons. The first-order chi connectivity index (χ1) is 9.11. The second-order valence-electron chi connectivity index (χ2n) is 3.90. The first-order valence-electron chi connectivity index (χ1n) is 5.54. The molecule has 5 nitrogen and oxygen atoms in total. The lowest BCUT2D eigenvalue weighted by molar-refractivity contribution is -0.385. The second-order valence-corrected chi connectivity index (χ2v) is 4.46. The highest BCUT2D eigenvalue weighted by Crippen LogP contribution is 2.30. The number of alkyl halides is 1. The van der Waals surface area contributed by atoms with Crippen LogP contribution in [0, 0.1) is 17.0 Å². The van der Waals surface area contributed by atoms with Gasteiger partial charge in [0.1, 0.15) is 5.75 Å². The van der Waals surface area contributed by atoms with Crippen LogP contribution in [0.1, 0.15) is 11.1 Å². The average Bonchev–Trinajstić information content (AvgIpc) is 2.41. The molecule has 0 radical (unpaired) electrons. The van der Waals surface area contributed by atoms with Crippen molar-refractivity contribution < 1.29 is 9.66 Å². The van der Waals surface area contributed by atoms with E-state index in [1.807, 2.05) is 6.07 Å². The summed E-state index contributed by atoms with van der Waals surface area (Å²) in [6.45, 7) is 1.65. The predicted molar refractivity (Wildman–Crippen MR) is 74.8 cm³/mol. The van der Waals surface area contributed by atoms with Crippen molar-refractivity contribution in [3.63, 3.8) is 0 Å². The lowest BCUT2D eigenvalue weighted by atomic mass is 10.2. The summed E-state index contributed by atoms with van der Waals surface area (Å²) < 4.78 is 5.57. The Labute approximate surface area is 118 Å². The van der Waals surface area contributed by atoms with Crippen LogP contribution in [0.15, 0.2) is 36.5 Å². The van der Waals surface area contributed by atoms with Gasteiger partial charge in [0.2, 0.25) is 5.88 Å². The van der Waals surface area contributed by atoms with Crippen molar-refractivity contribution in [3.05, 3.63) is 57.8 Å². The molecule has 0 bridgehead atoms. The average molecular weight is 323 g/mol. The zero-order valence-electron chi connectivity index (χ0n) is 10.2. The van der Waals surface area contributed by atoms with Crippen molar-refractivity contribution in [1.82, 2.24) is 4.98 Å². The van der Waals surface area contributed by atoms with Crippen molar-refractivity contribution in [1.29, 1.82) is 0 Å². The van der Waals surface area contributed by atoms with Crippen LogP contribution in [0.2, 0.25) is 0 Å². The third kappa shape index (κ3) is 3.08. The van der Waals surface area contributed by atoms with Gasteiger partial charge in [0.15, 0.2) is 0 Å². The number of aromatic nitrogens is 1. The van der Waals surface area contributed by atoms with Crippen LogP contribution >= 0.6 is 15.9 Å². The third-order valence-electron chi connectivity index (χ3n) is 2.62. The van der Waals surface area contributed by atoms with Gasteiger partial charge in [-0.1, -0.05) is 28.1 Å². The van der Waals surface area contributed by atoms with Gasteiger partial charge in [-0.05, 0) is 18.6 Å². The Kier molecular flexibility index (Phi) is 4.11. The fourth-order valence-electron chi connectivity index (χ4n) is 1.57. The van der Waals surface area contributed by atoms with Gasteiger partial charge >= 0.3 is 0 Å². The number of nitrogens with zero attached hydrogens (tertiary/aromatic N) is 2. The standard InChI is InChI=1S/C13H11BrN2O3/c1-9-11(16(17)18)3-2-4-12(9)19-13-6-5-10(7-14)8-15-13/h2-6,8H,7H2,1H3. The molecule has 2 aromatic rings. The molecule has 6 heteroatoms. The Balaban J connectivity index is 2.27. The molecule has 0 spiro atoms. The van der Waals surface area contributed by atoms with E-state index in [0.29, 0.717) is 17.2 Å². The minimum atomic E-state index is -0.427. The Morgan fingerprint density at radius 3 is 2.74 bits per heavy atom. The predicted octanol–water partition coefficient (Wildman–Crippen LogP) is 3.99. The van der Waals surface area contributed by atoms with E-state index < -0.39 is 4.92 Å². The van der Waals surface area contributed by atoms with Crippen LogP contribution in [-0.2, 0) is 5.33 Å². The van der Waals surface area contributed by atoms with Gasteiger partial charge in [-0.3, -0.25) is 10.1 Å². The van der Waals surface area contributed by atoms with Gasteiger partial charge in [-0.25, -0.2) is 4.98 Å². The molecule has 0 unspecified atom stereocenters. The maximum Gasteiger partial charge on any atom is 0.276 e. The molecule has 0 aliphatic heterocycles. The smallest absolute Gasteiger partial charge is 0.276 e. The zero-order chi connectivity index (χ0) is 13.8. The SMILES string of the molecule is Cc1c(Oc2ccc(CBr)cn2)cccc1[N+](=O)[O-]. The molecule has 0 saturated heterocycles. The Hall–Kier alpha value is -1.95. The molecule has 1 heterocycles. The van der Waals surface area contributed by atoms with Gasteiger partial charge in [-0.15, -0.1) is 0 Å². The molecular formula is C13H11BrN2O3. The number of halogens is 1. The van der Waals surface area contributed by atoms with E-state index in [9.17, 15) is 10.1 Å². The molecule has 0 aliphatic rings. The van der Waals surface area contributed by atoms with Gasteiger partial charge in [0.25, 0.3) is 5.69 Å². The number of nitro groups is 1. The van der Waals surface area contributed by atoms with Crippen LogP contribution in [0.3, 0.4) is 0 Å². The summed E-state index contributed by atoms with van der Waals surface area (Å²) in [6.07, 6.45) is 1.69. The van der Waals surface area contributed by atoms with E-state index in [4.69, 9.17) is 4.74 Å². The number of nitro benzene ring substituents is 1. The Morgan fingerprint density at radius 2 is 2.16 bits per heavy atom. The quantitative estimate of drug-likeness (QED) is 0.485. The van der Waals surface area contributed by atoms with E-state index >= 15 is 0 Å². The van der Waals surface area contributed by atoms with Gasteiger partial charge in [0, 0.05) is 23.7 Å². The van der Waals surface area contributed by atoms with Crippen LogP contribution < -0.4 is 4.74 Å². The molecule has 1 aromatic carbocycles. The fourth-order valence-corrected chi connectivity index (χ4v) is 1.91. The van der Waals surface area contributed by atoms with Crippen LogP contribution in [0.25, 0.3) is 0 Å². The normalized spacial score (nSPS) is 10.2. The molecule has 0 N–H and O–H groups in total. The molecule has 0 saturated carbocycles. The number of benzene rings is 1. The first kappa shape index (κ1) is 13.5. The van der Waals surface area contributed by atoms with Crippen LogP contribution in [0.5, 0.6) is 11.6 Å². The monoisotopic (exact) mass is 322 g/mol. The molecule has 1 aromatic heterocycles. The molecule has 0 aliphatic carbocycles. The molecule has 2 rings (SSSR count). The Bertz CT molecular complexity index is 599. The number of hydrogen-bond donors (Lipinski definition) is 0. The molecule has 0 amide bonds. The summed E-state index contributed by atoms with van der Waals surface area (Å²) in [5.74, 6) is 0.849. The molecule has 19 heavy (non-hydrogen) atoms. The maximum atomic E-state index is 10.8. The van der Waals surface area contributed by atoms with E-state index in [0.717, 1.165) is 10.9 Å². The summed E-state index contributed by atoms with van der Waals surface area (Å²) in [5.41, 5.74) is 1.55. The lowest BCUT2D eigenvalue weighted by Crippen LogP contribution is -1.95. The van der Waals surface area contributed by atoms with Crippen molar-refractivity contribution in [2.24, 2.45) is 0 Å². The summed E-state index contributed by atoms with van der Waals surface area (Å²) in [7, 11) is 0. The minimum Gasteiger partial charge on any atom is -0.439 e. The highest BCUT2D eigenvalue weighted by atomic mass is 79.9. The lowest BCUT2D eigenvalue weighted by Gasteiger charge is -2.08. The number of ether oxygens (including phenoxy) is 1. The van der Waals surface area contributed by atoms with Crippen molar-refractivity contribution in [2.45, 2.75) is 12.3 Å². The number of hydrogen-bond acceptors (Lipinski definition) is 4. The van der Waals surface area contributed by atoms with Crippen LogP contribution in [0.4, 0.5) is 5.69 Å². The van der Waals surface area contributed by atoms with E-state index in [2.05, 4.69) is 20.9 Å². The highest BCUT2D eigenvalue weighted by molar-refractivity contribution is 9.08. The summed E-state index contributed by atoms with van der Waals surface area (Å²) in [4.78, 5) is 14.6. The van der Waals surface area contributed by atoms with Gasteiger partial charge in [-0.2, -0.15) is 0 Å². The third-order valence-corrected chi connectivity index (χ3v) is 3.27. The van der Waals surface area contributed by atoms with Crippen molar-refractivity contribution in [2.75, 3.05) is 0 Å². The minimum absolute atomic E-state index is 0.0366. The number of rotatable bonds is 4. The number of pyridine rings is 1. The second kappa shape index (κ2) is 5.79. The topological polar surface area (TPSA) is 65.3 Å². The van der Waals surface area contributed by atoms with Crippen molar-refractivity contribution in [3.8, 4) is 11.6 Å². The van der Waals surface area contributed by atoms with E-state index in [1.54, 1.807) is 31.3 Å². The van der Waals surface area contributed by atoms with E-state index in [-0.39, 0.29) is 5.69 Å². The van der Waals surface area contributed by atoms with E-state index in [1.165, 1.54) is 6.07 Å². The fraction of sp³-hybridized carbons (Fsp3) is 0.154. The first-order valence-corrected chi connectivity index (χ1v) is 6.66. The van der Waals surface area contributed by atoms with Gasteiger partial charge < -0.3 is 4.74 Å².